The molecular formula is C29H65N3O2S2. The summed E-state index contributed by atoms with van der Waals surface area (Å²) in [5, 5.41) is 1.87. The van der Waals surface area contributed by atoms with Gasteiger partial charge in [-0.2, -0.15) is 0 Å². The zero-order valence-corrected chi connectivity index (χ0v) is 25.8. The van der Waals surface area contributed by atoms with Crippen LogP contribution in [0, 0.1) is 11.8 Å². The van der Waals surface area contributed by atoms with E-state index in [1.165, 1.54) is 96.3 Å². The van der Waals surface area contributed by atoms with Crippen molar-refractivity contribution in [3.05, 3.63) is 0 Å². The monoisotopic (exact) mass is 551 g/mol. The van der Waals surface area contributed by atoms with E-state index in [9.17, 15) is 4.79 Å². The summed E-state index contributed by atoms with van der Waals surface area (Å²) in [7, 11) is 0. The maximum Gasteiger partial charge on any atom is 0.275 e. The van der Waals surface area contributed by atoms with Crippen molar-refractivity contribution in [2.45, 2.75) is 157 Å². The molecule has 0 bridgehead atoms. The maximum absolute atomic E-state index is 10.6. The topological polar surface area (TPSA) is 98.2 Å². The normalized spacial score (nSPS) is 10.6. The molecule has 0 unspecified atom stereocenters. The molecule has 0 aliphatic carbocycles. The van der Waals surface area contributed by atoms with E-state index in [4.69, 9.17) is 10.5 Å². The van der Waals surface area contributed by atoms with E-state index in [1.54, 1.807) is 0 Å². The Bertz CT molecular complexity index is 459. The SMILES string of the molecule is C.CC(C)C(C)(N)C(C)C.CCCCCCCCCCCCCCCCCCNC(=O)S.NC(=O)S. The van der Waals surface area contributed by atoms with Crippen molar-refractivity contribution >= 4 is 35.7 Å². The Labute approximate surface area is 237 Å². The van der Waals surface area contributed by atoms with Crippen LogP contribution in [0.2, 0.25) is 0 Å². The Kier molecular flexibility index (Phi) is 36.5. The molecule has 36 heavy (non-hydrogen) atoms. The Balaban J connectivity index is -0.000000302. The van der Waals surface area contributed by atoms with Gasteiger partial charge in [-0.3, -0.25) is 9.59 Å². The molecule has 0 heterocycles. The van der Waals surface area contributed by atoms with Crippen LogP contribution in [-0.4, -0.2) is 22.6 Å². The number of carbonyl (C=O) groups is 2. The van der Waals surface area contributed by atoms with E-state index < -0.39 is 5.24 Å². The van der Waals surface area contributed by atoms with Gasteiger partial charge in [-0.25, -0.2) is 0 Å². The van der Waals surface area contributed by atoms with Crippen molar-refractivity contribution in [2.75, 3.05) is 6.54 Å². The molecule has 2 amide bonds. The van der Waals surface area contributed by atoms with Gasteiger partial charge in [-0.15, -0.1) is 0 Å². The molecule has 0 rings (SSSR count). The average molecular weight is 552 g/mol. The van der Waals surface area contributed by atoms with E-state index in [-0.39, 0.29) is 18.2 Å². The fourth-order valence-electron chi connectivity index (χ4n) is 3.54. The summed E-state index contributed by atoms with van der Waals surface area (Å²) >= 11 is 6.78. The van der Waals surface area contributed by atoms with Crippen LogP contribution in [0.4, 0.5) is 9.59 Å². The molecule has 0 atom stereocenters. The minimum atomic E-state index is -0.639. The summed E-state index contributed by atoms with van der Waals surface area (Å²) in [6, 6.07) is 0. The van der Waals surface area contributed by atoms with Crippen LogP contribution in [0.5, 0.6) is 0 Å². The van der Waals surface area contributed by atoms with Gasteiger partial charge in [0.15, 0.2) is 0 Å². The molecule has 0 saturated heterocycles. The summed E-state index contributed by atoms with van der Waals surface area (Å²) in [5.41, 5.74) is 10.3. The molecule has 5 N–H and O–H groups in total. The Morgan fingerprint density at radius 1 is 0.694 bits per heavy atom. The predicted octanol–water partition coefficient (Wildman–Crippen LogP) is 9.53. The zero-order valence-electron chi connectivity index (χ0n) is 24.0. The fourth-order valence-corrected chi connectivity index (χ4v) is 3.65. The molecule has 0 radical (unpaired) electrons. The number of nitrogens with one attached hydrogen (secondary N) is 1. The highest BCUT2D eigenvalue weighted by Gasteiger charge is 2.26. The van der Waals surface area contributed by atoms with Crippen LogP contribution in [0.15, 0.2) is 0 Å². The van der Waals surface area contributed by atoms with E-state index in [0.717, 1.165) is 13.0 Å². The van der Waals surface area contributed by atoms with E-state index >= 15 is 0 Å². The third-order valence-electron chi connectivity index (χ3n) is 6.79. The lowest BCUT2D eigenvalue weighted by Gasteiger charge is -2.33. The summed E-state index contributed by atoms with van der Waals surface area (Å²) in [6.07, 6.45) is 22.1. The number of hydrogen-bond acceptors (Lipinski definition) is 3. The summed E-state index contributed by atoms with van der Waals surface area (Å²) in [5.74, 6) is 1.13. The van der Waals surface area contributed by atoms with E-state index in [2.05, 4.69) is 77.9 Å². The minimum absolute atomic E-state index is 0. The zero-order chi connectivity index (χ0) is 27.5. The molecule has 220 valence electrons. The minimum Gasteiger partial charge on any atom is -0.361 e. The molecule has 0 spiro atoms. The van der Waals surface area contributed by atoms with Crippen molar-refractivity contribution in [3.8, 4) is 0 Å². The maximum atomic E-state index is 10.6. The van der Waals surface area contributed by atoms with E-state index in [0.29, 0.717) is 11.8 Å². The summed E-state index contributed by atoms with van der Waals surface area (Å²) in [6.45, 7) is 13.8. The third kappa shape index (κ3) is 38.1. The van der Waals surface area contributed by atoms with Crippen LogP contribution in [0.1, 0.15) is 152 Å². The molecule has 0 aromatic carbocycles. The summed E-state index contributed by atoms with van der Waals surface area (Å²) in [4.78, 5) is 19.6. The highest BCUT2D eigenvalue weighted by Crippen LogP contribution is 2.21. The van der Waals surface area contributed by atoms with Gasteiger partial charge in [-0.05, 0) is 25.2 Å². The van der Waals surface area contributed by atoms with Gasteiger partial charge in [0.25, 0.3) is 10.5 Å². The second-order valence-corrected chi connectivity index (χ2v) is 11.4. The molecule has 0 aliphatic rings. The molecule has 0 aliphatic heterocycles. The lowest BCUT2D eigenvalue weighted by Crippen LogP contribution is -2.46. The molecule has 0 fully saturated rings. The molecule has 0 saturated carbocycles. The quantitative estimate of drug-likeness (QED) is 0.0816. The lowest BCUT2D eigenvalue weighted by atomic mass is 9.80. The van der Waals surface area contributed by atoms with Crippen LogP contribution in [0.25, 0.3) is 0 Å². The Morgan fingerprint density at radius 3 is 1.14 bits per heavy atom. The van der Waals surface area contributed by atoms with Gasteiger partial charge in [0.05, 0.1) is 0 Å². The standard InChI is InChI=1S/C19H39NOS.C8H19N.CH3NOS.CH4/c1-2-3-4-5-6-7-8-9-10-11-12-13-14-15-16-17-18-20-19(21)22;1-6(2)8(5,9)7(3)4;2-1(3)4;/h2-18H2,1H3,(H2,20,21,22);6-7H,9H2,1-5H3;(H3,2,3,4);1H4. The highest BCUT2D eigenvalue weighted by atomic mass is 32.1. The second-order valence-electron chi connectivity index (χ2n) is 10.5. The number of rotatable bonds is 19. The molecule has 0 aromatic rings. The molecule has 7 heteroatoms. The fraction of sp³-hybridized carbons (Fsp3) is 0.931. The first-order valence-corrected chi connectivity index (χ1v) is 15.0. The largest absolute Gasteiger partial charge is 0.361 e. The summed E-state index contributed by atoms with van der Waals surface area (Å²) < 4.78 is 0. The number of primary amides is 1. The number of hydrogen-bond donors (Lipinski definition) is 5. The van der Waals surface area contributed by atoms with Gasteiger partial charge < -0.3 is 16.8 Å². The Morgan fingerprint density at radius 2 is 0.944 bits per heavy atom. The van der Waals surface area contributed by atoms with Gasteiger partial charge in [0.1, 0.15) is 0 Å². The molecule has 5 nitrogen and oxygen atoms in total. The van der Waals surface area contributed by atoms with Crippen molar-refractivity contribution in [2.24, 2.45) is 23.3 Å². The number of amides is 2. The smallest absolute Gasteiger partial charge is 0.275 e. The average Bonchev–Trinajstić information content (AvgIpc) is 2.75. The molecule has 0 aromatic heterocycles. The van der Waals surface area contributed by atoms with Crippen LogP contribution in [-0.2, 0) is 0 Å². The van der Waals surface area contributed by atoms with Crippen LogP contribution in [0.3, 0.4) is 0 Å². The van der Waals surface area contributed by atoms with E-state index in [1.807, 2.05) is 0 Å². The third-order valence-corrected chi connectivity index (χ3v) is 6.95. The predicted molar refractivity (Wildman–Crippen MR) is 169 cm³/mol. The van der Waals surface area contributed by atoms with Gasteiger partial charge >= 0.3 is 0 Å². The number of nitrogens with two attached hydrogens (primary N) is 2. The highest BCUT2D eigenvalue weighted by molar-refractivity contribution is 7.96. The number of unbranched alkanes of at least 4 members (excludes halogenated alkanes) is 15. The first kappa shape index (κ1) is 42.7. The van der Waals surface area contributed by atoms with Gasteiger partial charge in [0.2, 0.25) is 0 Å². The number of carbonyl (C=O) groups excluding carboxylic acids is 2. The van der Waals surface area contributed by atoms with Crippen molar-refractivity contribution in [1.29, 1.82) is 0 Å². The van der Waals surface area contributed by atoms with Crippen molar-refractivity contribution < 1.29 is 9.59 Å². The van der Waals surface area contributed by atoms with Crippen molar-refractivity contribution in [1.82, 2.24) is 5.32 Å². The van der Waals surface area contributed by atoms with Crippen molar-refractivity contribution in [3.63, 3.8) is 0 Å². The first-order chi connectivity index (χ1) is 16.4. The number of thiol groups is 2. The van der Waals surface area contributed by atoms with Crippen LogP contribution < -0.4 is 16.8 Å². The lowest BCUT2D eigenvalue weighted by molar-refractivity contribution is 0.250. The van der Waals surface area contributed by atoms with Gasteiger partial charge in [-0.1, -0.05) is 164 Å². The Hall–Kier alpha value is -0.400. The van der Waals surface area contributed by atoms with Crippen LogP contribution >= 0.6 is 25.3 Å². The molecular weight excluding hydrogens is 486 g/mol. The second kappa shape index (κ2) is 30.8. The van der Waals surface area contributed by atoms with Gasteiger partial charge in [0, 0.05) is 12.1 Å². The first-order valence-electron chi connectivity index (χ1n) is 14.1.